The highest BCUT2D eigenvalue weighted by Gasteiger charge is 2.24. The molecule has 2 unspecified atom stereocenters. The molecule has 96 valence electrons. The van der Waals surface area contributed by atoms with Crippen LogP contribution in [0.15, 0.2) is 18.2 Å². The summed E-state index contributed by atoms with van der Waals surface area (Å²) in [5.74, 6) is 0.573. The molecule has 1 heterocycles. The zero-order chi connectivity index (χ0) is 13.1. The van der Waals surface area contributed by atoms with Crippen LogP contribution >= 0.6 is 0 Å². The average Bonchev–Trinajstić information content (AvgIpc) is 2.69. The van der Waals surface area contributed by atoms with E-state index in [1.165, 1.54) is 12.1 Å². The van der Waals surface area contributed by atoms with Crippen LogP contribution in [0.1, 0.15) is 12.5 Å². The molecule has 1 aromatic carbocycles. The van der Waals surface area contributed by atoms with Crippen LogP contribution < -0.4 is 4.74 Å². The Labute approximate surface area is 107 Å². The Morgan fingerprint density at radius 2 is 2.39 bits per heavy atom. The van der Waals surface area contributed by atoms with E-state index in [0.717, 1.165) is 30.8 Å². The Morgan fingerprint density at radius 1 is 1.61 bits per heavy atom. The molecular weight excluding hydrogens is 231 g/mol. The fourth-order valence-electron chi connectivity index (χ4n) is 2.32. The van der Waals surface area contributed by atoms with Crippen LogP contribution in [0.3, 0.4) is 0 Å². The summed E-state index contributed by atoms with van der Waals surface area (Å²) < 4.78 is 18.8. The van der Waals surface area contributed by atoms with Gasteiger partial charge in [0.25, 0.3) is 0 Å². The maximum atomic E-state index is 13.1. The normalized spacial score (nSPS) is 19.2. The minimum atomic E-state index is -0.218. The average molecular weight is 248 g/mol. The summed E-state index contributed by atoms with van der Waals surface area (Å²) in [5.41, 5.74) is 0.932. The lowest BCUT2D eigenvalue weighted by atomic mass is 10.1. The largest absolute Gasteiger partial charge is 0.488 e. The molecule has 0 amide bonds. The highest BCUT2D eigenvalue weighted by Crippen LogP contribution is 2.29. The van der Waals surface area contributed by atoms with Crippen LogP contribution in [-0.2, 0) is 6.42 Å². The van der Waals surface area contributed by atoms with E-state index in [2.05, 4.69) is 11.0 Å². The highest BCUT2D eigenvalue weighted by atomic mass is 19.1. The molecule has 0 spiro atoms. The van der Waals surface area contributed by atoms with E-state index in [0.29, 0.717) is 0 Å². The lowest BCUT2D eigenvalue weighted by Crippen LogP contribution is -2.34. The molecule has 2 atom stereocenters. The second-order valence-electron chi connectivity index (χ2n) is 4.95. The van der Waals surface area contributed by atoms with Gasteiger partial charge in [-0.25, -0.2) is 4.39 Å². The van der Waals surface area contributed by atoms with Crippen molar-refractivity contribution < 1.29 is 9.13 Å². The zero-order valence-electron chi connectivity index (χ0n) is 10.7. The van der Waals surface area contributed by atoms with Gasteiger partial charge in [-0.15, -0.1) is 0 Å². The topological polar surface area (TPSA) is 36.3 Å². The van der Waals surface area contributed by atoms with Gasteiger partial charge in [0.05, 0.1) is 12.0 Å². The smallest absolute Gasteiger partial charge is 0.123 e. The number of ether oxygens (including phenoxy) is 1. The Balaban J connectivity index is 1.90. The van der Waals surface area contributed by atoms with Crippen molar-refractivity contribution >= 4 is 0 Å². The Kier molecular flexibility index (Phi) is 3.83. The Morgan fingerprint density at radius 3 is 3.11 bits per heavy atom. The molecule has 0 aromatic heterocycles. The van der Waals surface area contributed by atoms with E-state index < -0.39 is 0 Å². The Bertz CT molecular complexity index is 469. The second-order valence-corrected chi connectivity index (χ2v) is 4.95. The van der Waals surface area contributed by atoms with E-state index in [9.17, 15) is 4.39 Å². The van der Waals surface area contributed by atoms with Crippen molar-refractivity contribution in [2.75, 3.05) is 20.1 Å². The number of fused-ring (bicyclic) bond motifs is 1. The fraction of sp³-hybridized carbons (Fsp3) is 0.500. The van der Waals surface area contributed by atoms with E-state index in [4.69, 9.17) is 10.00 Å². The molecule has 0 N–H and O–H groups in total. The van der Waals surface area contributed by atoms with Gasteiger partial charge in [0, 0.05) is 25.1 Å². The van der Waals surface area contributed by atoms with Gasteiger partial charge in [-0.05, 0) is 32.2 Å². The molecule has 1 aromatic rings. The zero-order valence-corrected chi connectivity index (χ0v) is 10.7. The quantitative estimate of drug-likeness (QED) is 0.819. The predicted molar refractivity (Wildman–Crippen MR) is 66.8 cm³/mol. The van der Waals surface area contributed by atoms with Gasteiger partial charge >= 0.3 is 0 Å². The SMILES string of the molecule is CC(C#N)CN(C)CC1Cc2cc(F)ccc2O1. The van der Waals surface area contributed by atoms with Gasteiger partial charge in [0.15, 0.2) is 0 Å². The van der Waals surface area contributed by atoms with E-state index in [1.807, 2.05) is 14.0 Å². The molecule has 0 saturated heterocycles. The first-order chi connectivity index (χ1) is 8.58. The number of likely N-dealkylation sites (N-methyl/N-ethyl adjacent to an activating group) is 1. The maximum absolute atomic E-state index is 13.1. The molecule has 2 rings (SSSR count). The first kappa shape index (κ1) is 12.8. The molecule has 0 radical (unpaired) electrons. The molecule has 1 aliphatic heterocycles. The van der Waals surface area contributed by atoms with Crippen LogP contribution in [-0.4, -0.2) is 31.1 Å². The monoisotopic (exact) mass is 248 g/mol. The molecule has 18 heavy (non-hydrogen) atoms. The second kappa shape index (κ2) is 5.36. The fourth-order valence-corrected chi connectivity index (χ4v) is 2.32. The lowest BCUT2D eigenvalue weighted by molar-refractivity contribution is 0.163. The predicted octanol–water partition coefficient (Wildman–Crippen LogP) is 2.22. The van der Waals surface area contributed by atoms with Crippen molar-refractivity contribution in [2.24, 2.45) is 5.92 Å². The molecule has 0 bridgehead atoms. The number of hydrogen-bond donors (Lipinski definition) is 0. The number of halogens is 1. The van der Waals surface area contributed by atoms with Crippen LogP contribution in [0, 0.1) is 23.1 Å². The minimum Gasteiger partial charge on any atom is -0.488 e. The van der Waals surface area contributed by atoms with Gasteiger partial charge in [-0.1, -0.05) is 0 Å². The molecule has 1 aliphatic rings. The summed E-state index contributed by atoms with van der Waals surface area (Å²) in [4.78, 5) is 2.08. The van der Waals surface area contributed by atoms with Gasteiger partial charge in [0.2, 0.25) is 0 Å². The van der Waals surface area contributed by atoms with Crippen molar-refractivity contribution in [3.63, 3.8) is 0 Å². The lowest BCUT2D eigenvalue weighted by Gasteiger charge is -2.21. The van der Waals surface area contributed by atoms with Crippen LogP contribution in [0.4, 0.5) is 4.39 Å². The summed E-state index contributed by atoms with van der Waals surface area (Å²) in [6.07, 6.45) is 0.788. The van der Waals surface area contributed by atoms with E-state index in [1.54, 1.807) is 6.07 Å². The summed E-state index contributed by atoms with van der Waals surface area (Å²) >= 11 is 0. The van der Waals surface area contributed by atoms with E-state index >= 15 is 0 Å². The Hall–Kier alpha value is -1.60. The summed E-state index contributed by atoms with van der Waals surface area (Å²) in [5, 5.41) is 8.77. The first-order valence-corrected chi connectivity index (χ1v) is 6.11. The third-order valence-electron chi connectivity index (χ3n) is 3.08. The molecule has 0 saturated carbocycles. The molecule has 0 aliphatic carbocycles. The minimum absolute atomic E-state index is 0.0104. The molecule has 3 nitrogen and oxygen atoms in total. The molecule has 0 fully saturated rings. The van der Waals surface area contributed by atoms with Crippen LogP contribution in [0.2, 0.25) is 0 Å². The van der Waals surface area contributed by atoms with Gasteiger partial charge < -0.3 is 9.64 Å². The summed E-state index contributed by atoms with van der Waals surface area (Å²) in [6.45, 7) is 3.37. The standard InChI is InChI=1S/C14H17FN2O/c1-10(7-16)8-17(2)9-13-6-11-5-12(15)3-4-14(11)18-13/h3-5,10,13H,6,8-9H2,1-2H3. The van der Waals surface area contributed by atoms with Crippen molar-refractivity contribution in [3.05, 3.63) is 29.6 Å². The number of nitriles is 1. The number of hydrogen-bond acceptors (Lipinski definition) is 3. The first-order valence-electron chi connectivity index (χ1n) is 6.11. The van der Waals surface area contributed by atoms with Crippen molar-refractivity contribution in [2.45, 2.75) is 19.4 Å². The van der Waals surface area contributed by atoms with Crippen molar-refractivity contribution in [1.82, 2.24) is 4.90 Å². The number of nitrogens with zero attached hydrogens (tertiary/aromatic N) is 2. The van der Waals surface area contributed by atoms with Gasteiger partial charge in [-0.2, -0.15) is 5.26 Å². The van der Waals surface area contributed by atoms with Crippen molar-refractivity contribution in [1.29, 1.82) is 5.26 Å². The summed E-state index contributed by atoms with van der Waals surface area (Å²) in [7, 11) is 1.97. The number of benzene rings is 1. The highest BCUT2D eigenvalue weighted by molar-refractivity contribution is 5.37. The van der Waals surface area contributed by atoms with E-state index in [-0.39, 0.29) is 17.8 Å². The van der Waals surface area contributed by atoms with Gasteiger partial charge in [0.1, 0.15) is 17.7 Å². The molecular formula is C14H17FN2O. The van der Waals surface area contributed by atoms with Crippen LogP contribution in [0.25, 0.3) is 0 Å². The van der Waals surface area contributed by atoms with Gasteiger partial charge in [-0.3, -0.25) is 0 Å². The third-order valence-corrected chi connectivity index (χ3v) is 3.08. The summed E-state index contributed by atoms with van der Waals surface area (Å²) in [6, 6.07) is 6.85. The maximum Gasteiger partial charge on any atom is 0.123 e. The van der Waals surface area contributed by atoms with Crippen LogP contribution in [0.5, 0.6) is 5.75 Å². The van der Waals surface area contributed by atoms with Crippen molar-refractivity contribution in [3.8, 4) is 11.8 Å². The molecule has 4 heteroatoms. The number of rotatable bonds is 4. The third kappa shape index (κ3) is 2.99.